The van der Waals surface area contributed by atoms with Crippen LogP contribution in [-0.4, -0.2) is 20.4 Å². The van der Waals surface area contributed by atoms with E-state index < -0.39 is 0 Å². The molecule has 4 rings (SSSR count). The molecule has 0 spiro atoms. The molecule has 0 radical (unpaired) electrons. The second-order valence-corrected chi connectivity index (χ2v) is 7.40. The maximum atomic E-state index is 12.2. The van der Waals surface area contributed by atoms with Crippen LogP contribution in [0.15, 0.2) is 22.6 Å². The van der Waals surface area contributed by atoms with Crippen molar-refractivity contribution in [1.29, 1.82) is 0 Å². The van der Waals surface area contributed by atoms with Crippen LogP contribution in [0.5, 0.6) is 0 Å². The Morgan fingerprint density at radius 1 is 1.39 bits per heavy atom. The van der Waals surface area contributed by atoms with Crippen LogP contribution in [0.2, 0.25) is 0 Å². The van der Waals surface area contributed by atoms with Gasteiger partial charge in [-0.25, -0.2) is 9.97 Å². The monoisotopic (exact) mass is 346 g/mol. The quantitative estimate of drug-likeness (QED) is 0.787. The van der Waals surface area contributed by atoms with E-state index >= 15 is 0 Å². The zero-order valence-corrected chi connectivity index (χ0v) is 13.9. The fourth-order valence-electron chi connectivity index (χ4n) is 2.70. The molecule has 1 aliphatic rings. The van der Waals surface area contributed by atoms with Crippen LogP contribution in [0.1, 0.15) is 23.4 Å². The average molecular weight is 346 g/mol. The topological polar surface area (TPSA) is 76.9 Å². The predicted octanol–water partition coefficient (Wildman–Crippen LogP) is 2.43. The van der Waals surface area contributed by atoms with Crippen molar-refractivity contribution in [3.05, 3.63) is 38.7 Å². The second-order valence-electron chi connectivity index (χ2n) is 5.42. The van der Waals surface area contributed by atoms with Gasteiger partial charge in [-0.1, -0.05) is 0 Å². The van der Waals surface area contributed by atoms with Crippen LogP contribution in [0.3, 0.4) is 0 Å². The fourth-order valence-corrected chi connectivity index (χ4v) is 4.49. The van der Waals surface area contributed by atoms with E-state index in [1.54, 1.807) is 17.4 Å². The molecule has 0 fully saturated rings. The summed E-state index contributed by atoms with van der Waals surface area (Å²) in [6, 6.07) is 1.77. The van der Waals surface area contributed by atoms with Crippen LogP contribution in [0, 0.1) is 0 Å². The lowest BCUT2D eigenvalue weighted by Gasteiger charge is -2.05. The molecule has 3 heterocycles. The summed E-state index contributed by atoms with van der Waals surface area (Å²) >= 11 is 2.99. The van der Waals surface area contributed by atoms with Gasteiger partial charge in [-0.05, 0) is 30.7 Å². The van der Waals surface area contributed by atoms with E-state index in [0.29, 0.717) is 17.1 Å². The number of nitrogens with one attached hydrogen (secondary N) is 1. The zero-order chi connectivity index (χ0) is 15.8. The van der Waals surface area contributed by atoms with E-state index in [9.17, 15) is 9.59 Å². The number of fused-ring (bicyclic) bond motifs is 2. The normalized spacial score (nSPS) is 13.4. The number of hydrogen-bond acceptors (Lipinski definition) is 6. The van der Waals surface area contributed by atoms with Gasteiger partial charge in [-0.2, -0.15) is 0 Å². The number of thiophene rings is 1. The van der Waals surface area contributed by atoms with Gasteiger partial charge in [0.1, 0.15) is 4.83 Å². The van der Waals surface area contributed by atoms with Crippen molar-refractivity contribution in [3.8, 4) is 0 Å². The van der Waals surface area contributed by atoms with Crippen molar-refractivity contribution in [2.24, 2.45) is 0 Å². The van der Waals surface area contributed by atoms with Crippen molar-refractivity contribution in [1.82, 2.24) is 14.5 Å². The number of carbonyl (C=O) groups excluding carboxylic acids is 1. The standard InChI is InChI=1S/C15H14N4O2S2/c20-12(18-15-17-10-2-1-3-11(10)23-15)4-6-19-8-16-13-9(14(19)21)5-7-22-13/h5,7-8H,1-4,6H2,(H,17,18,20). The second kappa shape index (κ2) is 5.86. The summed E-state index contributed by atoms with van der Waals surface area (Å²) < 4.78 is 1.48. The van der Waals surface area contributed by atoms with Gasteiger partial charge in [0.15, 0.2) is 5.13 Å². The third kappa shape index (κ3) is 2.79. The lowest BCUT2D eigenvalue weighted by Crippen LogP contribution is -2.23. The smallest absolute Gasteiger partial charge is 0.262 e. The van der Waals surface area contributed by atoms with Crippen molar-refractivity contribution in [2.45, 2.75) is 32.2 Å². The molecule has 3 aromatic heterocycles. The van der Waals surface area contributed by atoms with Gasteiger partial charge in [0.25, 0.3) is 5.56 Å². The first-order valence-electron chi connectivity index (χ1n) is 7.42. The highest BCUT2D eigenvalue weighted by molar-refractivity contribution is 7.16. The highest BCUT2D eigenvalue weighted by atomic mass is 32.1. The summed E-state index contributed by atoms with van der Waals surface area (Å²) in [6.45, 7) is 0.314. The number of nitrogens with zero attached hydrogens (tertiary/aromatic N) is 3. The predicted molar refractivity (Wildman–Crippen MR) is 91.3 cm³/mol. The maximum Gasteiger partial charge on any atom is 0.262 e. The Balaban J connectivity index is 1.42. The molecule has 0 bridgehead atoms. The molecule has 3 aromatic rings. The van der Waals surface area contributed by atoms with Crippen molar-refractivity contribution in [2.75, 3.05) is 5.32 Å². The Hall–Kier alpha value is -2.06. The van der Waals surface area contributed by atoms with E-state index in [0.717, 1.165) is 29.8 Å². The zero-order valence-electron chi connectivity index (χ0n) is 12.2. The fraction of sp³-hybridized carbons (Fsp3) is 0.333. The third-order valence-corrected chi connectivity index (χ3v) is 5.77. The van der Waals surface area contributed by atoms with E-state index in [4.69, 9.17) is 0 Å². The van der Waals surface area contributed by atoms with Crippen LogP contribution < -0.4 is 10.9 Å². The minimum atomic E-state index is -0.130. The molecule has 1 N–H and O–H groups in total. The Bertz CT molecular complexity index is 919. The largest absolute Gasteiger partial charge is 0.302 e. The van der Waals surface area contributed by atoms with Gasteiger partial charge in [-0.15, -0.1) is 22.7 Å². The SMILES string of the molecule is O=C(CCn1cnc2sccc2c1=O)Nc1nc2c(s1)CCC2. The summed E-state index contributed by atoms with van der Waals surface area (Å²) in [4.78, 5) is 35.0. The van der Waals surface area contributed by atoms with Crippen LogP contribution in [-0.2, 0) is 24.2 Å². The van der Waals surface area contributed by atoms with E-state index in [1.807, 2.05) is 5.38 Å². The summed E-state index contributed by atoms with van der Waals surface area (Å²) in [5.41, 5.74) is 1.02. The number of thiazole rings is 1. The number of carbonyl (C=O) groups is 1. The van der Waals surface area contributed by atoms with E-state index in [2.05, 4.69) is 15.3 Å². The first kappa shape index (κ1) is 14.5. The molecule has 0 aliphatic heterocycles. The van der Waals surface area contributed by atoms with Crippen LogP contribution in [0.4, 0.5) is 5.13 Å². The molecular formula is C15H14N4O2S2. The lowest BCUT2D eigenvalue weighted by atomic mass is 10.3. The van der Waals surface area contributed by atoms with Gasteiger partial charge in [0, 0.05) is 17.8 Å². The van der Waals surface area contributed by atoms with Gasteiger partial charge in [-0.3, -0.25) is 14.2 Å². The summed E-state index contributed by atoms with van der Waals surface area (Å²) in [6.07, 6.45) is 4.95. The molecule has 0 saturated heterocycles. The third-order valence-electron chi connectivity index (χ3n) is 3.87. The number of aryl methyl sites for hydroxylation is 3. The molecule has 1 aliphatic carbocycles. The highest BCUT2D eigenvalue weighted by Gasteiger charge is 2.17. The molecule has 6 nitrogen and oxygen atoms in total. The number of anilines is 1. The van der Waals surface area contributed by atoms with E-state index in [1.165, 1.54) is 27.1 Å². The maximum absolute atomic E-state index is 12.2. The Morgan fingerprint density at radius 2 is 2.30 bits per heavy atom. The molecule has 0 aromatic carbocycles. The van der Waals surface area contributed by atoms with Crippen LogP contribution >= 0.6 is 22.7 Å². The first-order chi connectivity index (χ1) is 11.2. The molecule has 8 heteroatoms. The number of amides is 1. The van der Waals surface area contributed by atoms with Gasteiger partial charge < -0.3 is 5.32 Å². The summed E-state index contributed by atoms with van der Waals surface area (Å²) in [7, 11) is 0. The van der Waals surface area contributed by atoms with Gasteiger partial charge in [0.2, 0.25) is 5.91 Å². The minimum absolute atomic E-state index is 0.0997. The van der Waals surface area contributed by atoms with Gasteiger partial charge in [0.05, 0.1) is 17.4 Å². The molecular weight excluding hydrogens is 332 g/mol. The molecule has 1 amide bonds. The average Bonchev–Trinajstić information content (AvgIpc) is 3.21. The molecule has 0 atom stereocenters. The van der Waals surface area contributed by atoms with E-state index in [-0.39, 0.29) is 17.9 Å². The Labute approximate surface area is 139 Å². The van der Waals surface area contributed by atoms with Gasteiger partial charge >= 0.3 is 0 Å². The van der Waals surface area contributed by atoms with Crippen LogP contribution in [0.25, 0.3) is 10.2 Å². The van der Waals surface area contributed by atoms with Crippen molar-refractivity contribution in [3.63, 3.8) is 0 Å². The summed E-state index contributed by atoms with van der Waals surface area (Å²) in [5, 5.41) is 5.94. The minimum Gasteiger partial charge on any atom is -0.302 e. The Morgan fingerprint density at radius 3 is 3.17 bits per heavy atom. The molecule has 23 heavy (non-hydrogen) atoms. The lowest BCUT2D eigenvalue weighted by molar-refractivity contribution is -0.116. The van der Waals surface area contributed by atoms with Crippen molar-refractivity contribution < 1.29 is 4.79 Å². The molecule has 0 saturated carbocycles. The summed E-state index contributed by atoms with van der Waals surface area (Å²) in [5.74, 6) is -0.130. The number of aromatic nitrogens is 3. The molecule has 0 unspecified atom stereocenters. The molecule has 118 valence electrons. The first-order valence-corrected chi connectivity index (χ1v) is 9.11. The number of rotatable bonds is 4. The Kier molecular flexibility index (Phi) is 3.70. The van der Waals surface area contributed by atoms with Crippen molar-refractivity contribution >= 4 is 43.9 Å². The number of hydrogen-bond donors (Lipinski definition) is 1. The highest BCUT2D eigenvalue weighted by Crippen LogP contribution is 2.30.